The molecule has 32 heavy (non-hydrogen) atoms. The molecule has 1 atom stereocenters. The standard InChI is InChI=1S/C23H21ClFN3O4/c1-14-11-20(29)22(27-28(14)19-7-3-2-6-17(19)25)23(30)26-18-12-15(24)8-9-21(18)32-13-16-5-4-10-31-16/h2-3,6-9,11-12,16H,4-5,10,13H2,1H3,(H,26,30). The molecule has 166 valence electrons. The number of halogens is 2. The number of para-hydroxylation sites is 1. The molecule has 9 heteroatoms. The Morgan fingerprint density at radius 1 is 1.31 bits per heavy atom. The molecule has 3 aromatic rings. The van der Waals surface area contributed by atoms with E-state index in [9.17, 15) is 14.0 Å². The van der Waals surface area contributed by atoms with Gasteiger partial charge in [-0.05, 0) is 50.1 Å². The highest BCUT2D eigenvalue weighted by molar-refractivity contribution is 6.31. The van der Waals surface area contributed by atoms with Crippen molar-refractivity contribution in [1.82, 2.24) is 9.78 Å². The molecule has 0 radical (unpaired) electrons. The van der Waals surface area contributed by atoms with Crippen molar-refractivity contribution in [2.45, 2.75) is 25.9 Å². The molecule has 0 aliphatic carbocycles. The number of benzene rings is 2. The lowest BCUT2D eigenvalue weighted by molar-refractivity contribution is 0.0682. The first kappa shape index (κ1) is 22.0. The minimum absolute atomic E-state index is 0.0130. The molecule has 0 saturated carbocycles. The molecule has 2 heterocycles. The number of carbonyl (C=O) groups is 1. The fraction of sp³-hybridized carbons (Fsp3) is 0.261. The van der Waals surface area contributed by atoms with E-state index in [1.807, 2.05) is 0 Å². The average molecular weight is 458 g/mol. The highest BCUT2D eigenvalue weighted by atomic mass is 35.5. The molecule has 4 rings (SSSR count). The Kier molecular flexibility index (Phi) is 6.53. The predicted octanol–water partition coefficient (Wildman–Crippen LogP) is 4.14. The van der Waals surface area contributed by atoms with E-state index in [0.717, 1.165) is 12.8 Å². The maximum atomic E-state index is 14.3. The Hall–Kier alpha value is -3.23. The number of hydrogen-bond donors (Lipinski definition) is 1. The first-order chi connectivity index (χ1) is 15.4. The SMILES string of the molecule is Cc1cc(=O)c(C(=O)Nc2cc(Cl)ccc2OCC2CCCO2)nn1-c1ccccc1F. The lowest BCUT2D eigenvalue weighted by Gasteiger charge is -2.16. The minimum Gasteiger partial charge on any atom is -0.489 e. The average Bonchev–Trinajstić information content (AvgIpc) is 3.28. The van der Waals surface area contributed by atoms with E-state index in [4.69, 9.17) is 21.1 Å². The predicted molar refractivity (Wildman–Crippen MR) is 118 cm³/mol. The number of anilines is 1. The quantitative estimate of drug-likeness (QED) is 0.601. The van der Waals surface area contributed by atoms with E-state index in [1.54, 1.807) is 31.2 Å². The Morgan fingerprint density at radius 3 is 2.88 bits per heavy atom. The van der Waals surface area contributed by atoms with Crippen LogP contribution in [0.15, 0.2) is 53.3 Å². The number of nitrogens with zero attached hydrogens (tertiary/aromatic N) is 2. The molecule has 1 aromatic heterocycles. The lowest BCUT2D eigenvalue weighted by Crippen LogP contribution is -2.27. The largest absolute Gasteiger partial charge is 0.489 e. The Labute approximate surface area is 188 Å². The number of aryl methyl sites for hydroxylation is 1. The van der Waals surface area contributed by atoms with Gasteiger partial charge in [0.25, 0.3) is 5.91 Å². The third kappa shape index (κ3) is 4.81. The van der Waals surface area contributed by atoms with Gasteiger partial charge in [-0.1, -0.05) is 23.7 Å². The molecule has 1 saturated heterocycles. The topological polar surface area (TPSA) is 82.5 Å². The normalized spacial score (nSPS) is 15.5. The van der Waals surface area contributed by atoms with E-state index in [2.05, 4.69) is 10.4 Å². The van der Waals surface area contributed by atoms with Crippen molar-refractivity contribution < 1.29 is 18.7 Å². The maximum absolute atomic E-state index is 14.3. The van der Waals surface area contributed by atoms with E-state index in [0.29, 0.717) is 35.4 Å². The number of carbonyl (C=O) groups excluding carboxylic acids is 1. The van der Waals surface area contributed by atoms with Gasteiger partial charge in [0.15, 0.2) is 5.69 Å². The van der Waals surface area contributed by atoms with Crippen LogP contribution in [0, 0.1) is 12.7 Å². The van der Waals surface area contributed by atoms with Crippen molar-refractivity contribution in [2.24, 2.45) is 0 Å². The van der Waals surface area contributed by atoms with Crippen LogP contribution in [0.3, 0.4) is 0 Å². The number of rotatable bonds is 6. The van der Waals surface area contributed by atoms with Crippen LogP contribution in [0.5, 0.6) is 5.75 Å². The maximum Gasteiger partial charge on any atom is 0.280 e. The lowest BCUT2D eigenvalue weighted by atomic mass is 10.2. The number of aromatic nitrogens is 2. The van der Waals surface area contributed by atoms with Gasteiger partial charge < -0.3 is 14.8 Å². The Bertz CT molecular complexity index is 1210. The van der Waals surface area contributed by atoms with Crippen LogP contribution in [0.4, 0.5) is 10.1 Å². The third-order valence-corrected chi connectivity index (χ3v) is 5.28. The summed E-state index contributed by atoms with van der Waals surface area (Å²) in [6, 6.07) is 12.0. The van der Waals surface area contributed by atoms with Gasteiger partial charge in [0, 0.05) is 23.4 Å². The monoisotopic (exact) mass is 457 g/mol. The number of ether oxygens (including phenoxy) is 2. The molecule has 2 aromatic carbocycles. The second-order valence-corrected chi connectivity index (χ2v) is 7.84. The van der Waals surface area contributed by atoms with Crippen LogP contribution in [0.25, 0.3) is 5.69 Å². The van der Waals surface area contributed by atoms with Crippen LogP contribution in [0.2, 0.25) is 5.02 Å². The number of amides is 1. The number of nitrogens with one attached hydrogen (secondary N) is 1. The van der Waals surface area contributed by atoms with Gasteiger partial charge in [0.2, 0.25) is 5.43 Å². The van der Waals surface area contributed by atoms with Crippen molar-refractivity contribution in [2.75, 3.05) is 18.5 Å². The molecule has 1 aliphatic rings. The second-order valence-electron chi connectivity index (χ2n) is 7.40. The summed E-state index contributed by atoms with van der Waals surface area (Å²) in [6.07, 6.45) is 1.87. The zero-order chi connectivity index (χ0) is 22.7. The summed E-state index contributed by atoms with van der Waals surface area (Å²) in [4.78, 5) is 25.4. The van der Waals surface area contributed by atoms with Crippen molar-refractivity contribution in [3.05, 3.63) is 81.0 Å². The zero-order valence-corrected chi connectivity index (χ0v) is 18.1. The molecule has 0 bridgehead atoms. The molecule has 1 aliphatic heterocycles. The van der Waals surface area contributed by atoms with Crippen molar-refractivity contribution >= 4 is 23.2 Å². The molecule has 0 spiro atoms. The smallest absolute Gasteiger partial charge is 0.280 e. The minimum atomic E-state index is -0.760. The van der Waals surface area contributed by atoms with Crippen LogP contribution in [-0.2, 0) is 4.74 Å². The van der Waals surface area contributed by atoms with Crippen molar-refractivity contribution in [3.8, 4) is 11.4 Å². The van der Waals surface area contributed by atoms with E-state index in [1.165, 1.54) is 28.9 Å². The molecule has 7 nitrogen and oxygen atoms in total. The van der Waals surface area contributed by atoms with Gasteiger partial charge >= 0.3 is 0 Å². The van der Waals surface area contributed by atoms with Gasteiger partial charge in [0.05, 0.1) is 11.8 Å². The zero-order valence-electron chi connectivity index (χ0n) is 17.3. The first-order valence-electron chi connectivity index (χ1n) is 10.1. The van der Waals surface area contributed by atoms with E-state index >= 15 is 0 Å². The molecule has 1 unspecified atom stereocenters. The van der Waals surface area contributed by atoms with Crippen LogP contribution in [-0.4, -0.2) is 35.0 Å². The fourth-order valence-corrected chi connectivity index (χ4v) is 3.61. The molecule has 1 N–H and O–H groups in total. The van der Waals surface area contributed by atoms with Crippen LogP contribution >= 0.6 is 11.6 Å². The first-order valence-corrected chi connectivity index (χ1v) is 10.5. The Morgan fingerprint density at radius 2 is 2.12 bits per heavy atom. The van der Waals surface area contributed by atoms with Gasteiger partial charge in [0.1, 0.15) is 23.9 Å². The van der Waals surface area contributed by atoms with Crippen molar-refractivity contribution in [3.63, 3.8) is 0 Å². The summed E-state index contributed by atoms with van der Waals surface area (Å²) in [5, 5.41) is 7.14. The summed E-state index contributed by atoms with van der Waals surface area (Å²) in [6.45, 7) is 2.63. The molecular formula is C23H21ClFN3O4. The summed E-state index contributed by atoms with van der Waals surface area (Å²) in [5.41, 5.74) is -0.164. The van der Waals surface area contributed by atoms with E-state index < -0.39 is 17.2 Å². The molecule has 1 amide bonds. The second kappa shape index (κ2) is 9.50. The molecular weight excluding hydrogens is 437 g/mol. The summed E-state index contributed by atoms with van der Waals surface area (Å²) >= 11 is 6.09. The van der Waals surface area contributed by atoms with Gasteiger partial charge in [-0.3, -0.25) is 9.59 Å². The van der Waals surface area contributed by atoms with Crippen LogP contribution in [0.1, 0.15) is 29.0 Å². The Balaban J connectivity index is 1.62. The highest BCUT2D eigenvalue weighted by Crippen LogP contribution is 2.29. The summed E-state index contributed by atoms with van der Waals surface area (Å²) in [5.74, 6) is -0.901. The highest BCUT2D eigenvalue weighted by Gasteiger charge is 2.20. The number of hydrogen-bond acceptors (Lipinski definition) is 5. The summed E-state index contributed by atoms with van der Waals surface area (Å²) in [7, 11) is 0. The fourth-order valence-electron chi connectivity index (χ4n) is 3.44. The summed E-state index contributed by atoms with van der Waals surface area (Å²) < 4.78 is 26.9. The third-order valence-electron chi connectivity index (χ3n) is 5.04. The van der Waals surface area contributed by atoms with Gasteiger partial charge in [-0.15, -0.1) is 0 Å². The van der Waals surface area contributed by atoms with Crippen molar-refractivity contribution in [1.29, 1.82) is 0 Å². The van der Waals surface area contributed by atoms with Gasteiger partial charge in [-0.2, -0.15) is 5.10 Å². The molecule has 1 fully saturated rings. The van der Waals surface area contributed by atoms with Crippen LogP contribution < -0.4 is 15.5 Å². The van der Waals surface area contributed by atoms with E-state index in [-0.39, 0.29) is 17.5 Å². The van der Waals surface area contributed by atoms with Gasteiger partial charge in [-0.25, -0.2) is 9.07 Å².